The van der Waals surface area contributed by atoms with Crippen molar-refractivity contribution in [1.29, 1.82) is 5.26 Å². The molecule has 0 aliphatic carbocycles. The molecule has 1 heterocycles. The lowest BCUT2D eigenvalue weighted by molar-refractivity contribution is -0.683. The molecule has 0 radical (unpaired) electrons. The summed E-state index contributed by atoms with van der Waals surface area (Å²) in [4.78, 5) is 12.0. The Balaban J connectivity index is 0.00000180. The van der Waals surface area contributed by atoms with Crippen LogP contribution in [0.15, 0.2) is 48.8 Å². The summed E-state index contributed by atoms with van der Waals surface area (Å²) in [6.45, 7) is 0.243. The number of nitriles is 1. The van der Waals surface area contributed by atoms with Crippen molar-refractivity contribution in [3.63, 3.8) is 0 Å². The third-order valence-corrected chi connectivity index (χ3v) is 2.76. The number of carbonyl (C=O) groups is 1. The number of ketones is 1. The zero-order valence-corrected chi connectivity index (χ0v) is 12.8. The highest BCUT2D eigenvalue weighted by molar-refractivity contribution is 6.30. The highest BCUT2D eigenvalue weighted by Gasteiger charge is 2.11. The standard InChI is InChI=1S/C14H10ClN2O.HI/c15-13-3-1-12(2-4-13)14(18)10-17-7-5-11(9-16)6-8-17;/h1-8H,10H2;1H/q+1;/p-1. The van der Waals surface area contributed by atoms with Crippen LogP contribution in [0.25, 0.3) is 0 Å². The van der Waals surface area contributed by atoms with Gasteiger partial charge in [0.25, 0.3) is 0 Å². The first kappa shape index (κ1) is 15.6. The number of hydrogen-bond donors (Lipinski definition) is 0. The summed E-state index contributed by atoms with van der Waals surface area (Å²) in [5, 5.41) is 9.28. The van der Waals surface area contributed by atoms with Gasteiger partial charge in [-0.1, -0.05) is 11.6 Å². The molecule has 0 N–H and O–H groups in total. The van der Waals surface area contributed by atoms with E-state index in [4.69, 9.17) is 16.9 Å². The third-order valence-electron chi connectivity index (χ3n) is 2.51. The molecule has 19 heavy (non-hydrogen) atoms. The number of pyridine rings is 1. The van der Waals surface area contributed by atoms with Crippen molar-refractivity contribution < 1.29 is 33.3 Å². The van der Waals surface area contributed by atoms with E-state index in [1.165, 1.54) is 0 Å². The molecule has 96 valence electrons. The van der Waals surface area contributed by atoms with Gasteiger partial charge in [-0.3, -0.25) is 4.79 Å². The van der Waals surface area contributed by atoms with Crippen molar-refractivity contribution in [1.82, 2.24) is 0 Å². The van der Waals surface area contributed by atoms with E-state index in [1.807, 2.05) is 6.07 Å². The number of carbonyl (C=O) groups excluding carboxylic acids is 1. The maximum absolute atomic E-state index is 12.0. The zero-order chi connectivity index (χ0) is 13.0. The second kappa shape index (κ2) is 7.22. The van der Waals surface area contributed by atoms with Crippen molar-refractivity contribution >= 4 is 17.4 Å². The summed E-state index contributed by atoms with van der Waals surface area (Å²) in [7, 11) is 0. The van der Waals surface area contributed by atoms with Crippen LogP contribution in [0.2, 0.25) is 5.02 Å². The van der Waals surface area contributed by atoms with Gasteiger partial charge in [0.1, 0.15) is 0 Å². The van der Waals surface area contributed by atoms with Gasteiger partial charge >= 0.3 is 0 Å². The summed E-state index contributed by atoms with van der Waals surface area (Å²) in [6.07, 6.45) is 3.43. The molecular formula is C14H10ClIN2O. The number of aromatic nitrogens is 1. The van der Waals surface area contributed by atoms with Crippen LogP contribution in [0, 0.1) is 11.3 Å². The molecule has 3 nitrogen and oxygen atoms in total. The lowest BCUT2D eigenvalue weighted by Gasteiger charge is -1.98. The molecule has 5 heteroatoms. The van der Waals surface area contributed by atoms with Crippen LogP contribution in [0.1, 0.15) is 15.9 Å². The number of hydrogen-bond acceptors (Lipinski definition) is 2. The second-order valence-electron chi connectivity index (χ2n) is 3.80. The molecule has 0 atom stereocenters. The first-order valence-electron chi connectivity index (χ1n) is 5.37. The average Bonchev–Trinajstić information content (AvgIpc) is 2.40. The van der Waals surface area contributed by atoms with Crippen LogP contribution in [0.4, 0.5) is 0 Å². The van der Waals surface area contributed by atoms with E-state index >= 15 is 0 Å². The predicted octanol–water partition coefficient (Wildman–Crippen LogP) is -0.614. The van der Waals surface area contributed by atoms with E-state index in [-0.39, 0.29) is 36.3 Å². The van der Waals surface area contributed by atoms with Crippen LogP contribution in [-0.2, 0) is 6.54 Å². The van der Waals surface area contributed by atoms with E-state index in [0.717, 1.165) is 0 Å². The number of halogens is 2. The summed E-state index contributed by atoms with van der Waals surface area (Å²) < 4.78 is 1.73. The minimum absolute atomic E-state index is 0. The molecule has 0 saturated heterocycles. The largest absolute Gasteiger partial charge is 1.00 e. The van der Waals surface area contributed by atoms with E-state index in [9.17, 15) is 4.79 Å². The monoisotopic (exact) mass is 384 g/mol. The lowest BCUT2D eigenvalue weighted by atomic mass is 10.1. The summed E-state index contributed by atoms with van der Waals surface area (Å²) in [6, 6.07) is 12.2. The number of rotatable bonds is 3. The van der Waals surface area contributed by atoms with Crippen LogP contribution in [0.3, 0.4) is 0 Å². The topological polar surface area (TPSA) is 44.7 Å². The molecule has 0 unspecified atom stereocenters. The molecule has 1 aromatic carbocycles. The zero-order valence-electron chi connectivity index (χ0n) is 9.88. The van der Waals surface area contributed by atoms with Gasteiger partial charge in [0.05, 0.1) is 11.6 Å². The smallest absolute Gasteiger partial charge is 0.227 e. The van der Waals surface area contributed by atoms with Gasteiger partial charge < -0.3 is 24.0 Å². The maximum atomic E-state index is 12.0. The molecule has 0 bridgehead atoms. The summed E-state index contributed by atoms with van der Waals surface area (Å²) >= 11 is 5.76. The molecule has 0 fully saturated rings. The van der Waals surface area contributed by atoms with Crippen molar-refractivity contribution in [3.05, 3.63) is 64.9 Å². The average molecular weight is 385 g/mol. The minimum Gasteiger partial charge on any atom is -1.00 e. The molecule has 0 spiro atoms. The first-order chi connectivity index (χ1) is 8.69. The van der Waals surface area contributed by atoms with E-state index in [1.54, 1.807) is 53.4 Å². The Labute approximate surface area is 133 Å². The molecule has 2 rings (SSSR count). The number of Topliss-reactive ketones (excluding diaryl/α,β-unsaturated/α-hetero) is 1. The van der Waals surface area contributed by atoms with Gasteiger partial charge in [-0.05, 0) is 24.3 Å². The van der Waals surface area contributed by atoms with Crippen LogP contribution in [0.5, 0.6) is 0 Å². The second-order valence-corrected chi connectivity index (χ2v) is 4.24. The van der Waals surface area contributed by atoms with Crippen molar-refractivity contribution in [2.75, 3.05) is 0 Å². The Morgan fingerprint density at radius 2 is 1.74 bits per heavy atom. The SMILES string of the molecule is N#Cc1cc[n+](CC(=O)c2ccc(Cl)cc2)cc1.[I-]. The Hall–Kier alpha value is -1.45. The lowest BCUT2D eigenvalue weighted by Crippen LogP contribution is -3.00. The summed E-state index contributed by atoms with van der Waals surface area (Å²) in [5.41, 5.74) is 1.20. The Kier molecular flexibility index (Phi) is 5.93. The van der Waals surface area contributed by atoms with Gasteiger partial charge in [-0.2, -0.15) is 9.83 Å². The van der Waals surface area contributed by atoms with Crippen LogP contribution in [-0.4, -0.2) is 5.78 Å². The van der Waals surface area contributed by atoms with Gasteiger partial charge in [0.2, 0.25) is 12.3 Å². The molecule has 0 aliphatic heterocycles. The Morgan fingerprint density at radius 3 is 2.26 bits per heavy atom. The maximum Gasteiger partial charge on any atom is 0.227 e. The molecule has 1 aromatic heterocycles. The molecule has 0 amide bonds. The van der Waals surface area contributed by atoms with Crippen molar-refractivity contribution in [2.45, 2.75) is 6.54 Å². The molecule has 0 saturated carbocycles. The highest BCUT2D eigenvalue weighted by Crippen LogP contribution is 2.09. The third kappa shape index (κ3) is 4.30. The van der Waals surface area contributed by atoms with Crippen LogP contribution >= 0.6 is 11.6 Å². The summed E-state index contributed by atoms with van der Waals surface area (Å²) in [5.74, 6) is 0.00127. The molecular weight excluding hydrogens is 375 g/mol. The van der Waals surface area contributed by atoms with Crippen molar-refractivity contribution in [3.8, 4) is 6.07 Å². The quantitative estimate of drug-likeness (QED) is 0.402. The molecule has 2 aromatic rings. The van der Waals surface area contributed by atoms with Crippen molar-refractivity contribution in [2.24, 2.45) is 0 Å². The van der Waals surface area contributed by atoms with E-state index < -0.39 is 0 Å². The van der Waals surface area contributed by atoms with E-state index in [2.05, 4.69) is 0 Å². The van der Waals surface area contributed by atoms with E-state index in [0.29, 0.717) is 16.1 Å². The van der Waals surface area contributed by atoms with Gasteiger partial charge in [0.15, 0.2) is 12.4 Å². The van der Waals surface area contributed by atoms with Gasteiger partial charge in [0, 0.05) is 22.7 Å². The van der Waals surface area contributed by atoms with Gasteiger partial charge in [-0.15, -0.1) is 0 Å². The minimum atomic E-state index is 0. The Morgan fingerprint density at radius 1 is 1.16 bits per heavy atom. The fraction of sp³-hybridized carbons (Fsp3) is 0.0714. The fourth-order valence-corrected chi connectivity index (χ4v) is 1.66. The normalized spacial score (nSPS) is 9.26. The Bertz CT molecular complexity index is 603. The fourth-order valence-electron chi connectivity index (χ4n) is 1.53. The predicted molar refractivity (Wildman–Crippen MR) is 67.1 cm³/mol. The van der Waals surface area contributed by atoms with Gasteiger partial charge in [-0.25, -0.2) is 0 Å². The van der Waals surface area contributed by atoms with Crippen LogP contribution < -0.4 is 28.5 Å². The highest BCUT2D eigenvalue weighted by atomic mass is 127. The first-order valence-corrected chi connectivity index (χ1v) is 5.75. The number of nitrogens with zero attached hydrogens (tertiary/aromatic N) is 2. The number of benzene rings is 1. The molecule has 0 aliphatic rings.